The molecule has 2 fully saturated rings. The van der Waals surface area contributed by atoms with Crippen LogP contribution in [0.3, 0.4) is 0 Å². The highest BCUT2D eigenvalue weighted by atomic mass is 16.5. The van der Waals surface area contributed by atoms with Crippen molar-refractivity contribution in [3.05, 3.63) is 17.6 Å². The maximum atomic E-state index is 6.04. The zero-order chi connectivity index (χ0) is 13.2. The number of piperidine rings is 1. The first-order chi connectivity index (χ1) is 9.22. The molecule has 1 saturated heterocycles. The first kappa shape index (κ1) is 12.9. The fraction of sp³-hybridized carbons (Fsp3) is 0.733. The van der Waals surface area contributed by atoms with E-state index in [0.717, 1.165) is 42.8 Å². The van der Waals surface area contributed by atoms with E-state index in [2.05, 4.69) is 14.9 Å². The van der Waals surface area contributed by atoms with E-state index in [9.17, 15) is 0 Å². The Morgan fingerprint density at radius 2 is 2.16 bits per heavy atom. The third kappa shape index (κ3) is 3.24. The van der Waals surface area contributed by atoms with Crippen LogP contribution in [0, 0.1) is 19.8 Å². The van der Waals surface area contributed by atoms with Crippen molar-refractivity contribution in [1.29, 1.82) is 0 Å². The fourth-order valence-corrected chi connectivity index (χ4v) is 2.65. The van der Waals surface area contributed by atoms with E-state index in [1.807, 2.05) is 20.0 Å². The minimum absolute atomic E-state index is 0.371. The van der Waals surface area contributed by atoms with Gasteiger partial charge in [0.1, 0.15) is 5.82 Å². The Bertz CT molecular complexity index is 445. The van der Waals surface area contributed by atoms with Crippen molar-refractivity contribution in [1.82, 2.24) is 9.97 Å². The van der Waals surface area contributed by atoms with E-state index in [1.165, 1.54) is 25.7 Å². The predicted octanol–water partition coefficient (Wildman–Crippen LogP) is 2.49. The normalized spacial score (nSPS) is 23.7. The fourth-order valence-electron chi connectivity index (χ4n) is 2.65. The molecule has 0 aromatic carbocycles. The summed E-state index contributed by atoms with van der Waals surface area (Å²) in [5, 5.41) is 0. The quantitative estimate of drug-likeness (QED) is 0.834. The smallest absolute Gasteiger partial charge is 0.150 e. The number of ether oxygens (including phenoxy) is 1. The summed E-state index contributed by atoms with van der Waals surface area (Å²) in [6, 6.07) is 0. The molecule has 1 aromatic heterocycles. The molecule has 0 bridgehead atoms. The Kier molecular flexibility index (Phi) is 3.69. The molecular weight excluding hydrogens is 238 g/mol. The lowest BCUT2D eigenvalue weighted by Crippen LogP contribution is -2.41. The Labute approximate surface area is 115 Å². The molecule has 3 rings (SSSR count). The molecule has 0 radical (unpaired) electrons. The molecular formula is C15H23N3O. The van der Waals surface area contributed by atoms with Crippen LogP contribution < -0.4 is 4.90 Å². The van der Waals surface area contributed by atoms with E-state index < -0.39 is 0 Å². The lowest BCUT2D eigenvalue weighted by atomic mass is 10.1. The largest absolute Gasteiger partial charge is 0.376 e. The highest BCUT2D eigenvalue weighted by Crippen LogP contribution is 2.30. The molecule has 2 heterocycles. The molecule has 4 nitrogen and oxygen atoms in total. The topological polar surface area (TPSA) is 38.2 Å². The summed E-state index contributed by atoms with van der Waals surface area (Å²) in [5.41, 5.74) is 2.01. The lowest BCUT2D eigenvalue weighted by molar-refractivity contribution is 0.0367. The van der Waals surface area contributed by atoms with Crippen molar-refractivity contribution in [3.63, 3.8) is 0 Å². The average Bonchev–Trinajstić information content (AvgIpc) is 3.24. The minimum atomic E-state index is 0.371. The van der Waals surface area contributed by atoms with Crippen LogP contribution >= 0.6 is 0 Å². The molecule has 0 spiro atoms. The Morgan fingerprint density at radius 1 is 1.32 bits per heavy atom. The third-order valence-electron chi connectivity index (χ3n) is 3.99. The molecule has 0 unspecified atom stereocenters. The second-order valence-electron chi connectivity index (χ2n) is 5.91. The van der Waals surface area contributed by atoms with Gasteiger partial charge in [-0.1, -0.05) is 0 Å². The van der Waals surface area contributed by atoms with Gasteiger partial charge in [-0.25, -0.2) is 4.98 Å². The second-order valence-corrected chi connectivity index (χ2v) is 5.91. The van der Waals surface area contributed by atoms with Gasteiger partial charge < -0.3 is 9.64 Å². The maximum Gasteiger partial charge on any atom is 0.150 e. The monoisotopic (exact) mass is 261 g/mol. The van der Waals surface area contributed by atoms with Crippen LogP contribution in [-0.2, 0) is 4.74 Å². The lowest BCUT2D eigenvalue weighted by Gasteiger charge is -2.34. The SMILES string of the molecule is Cc1cnc(C)c(N2CCC[C@@H](OCC3CC3)C2)n1. The molecule has 1 aliphatic heterocycles. The van der Waals surface area contributed by atoms with Crippen LogP contribution in [0.5, 0.6) is 0 Å². The summed E-state index contributed by atoms with van der Waals surface area (Å²) in [5.74, 6) is 1.88. The molecule has 4 heteroatoms. The zero-order valence-corrected chi connectivity index (χ0v) is 11.9. The van der Waals surface area contributed by atoms with Gasteiger partial charge in [-0.3, -0.25) is 4.98 Å². The number of rotatable bonds is 4. The standard InChI is InChI=1S/C15H23N3O/c1-11-8-16-12(2)15(17-11)18-7-3-4-14(9-18)19-10-13-5-6-13/h8,13-14H,3-7,9-10H2,1-2H3/t14-/m1/s1. The van der Waals surface area contributed by atoms with Gasteiger partial charge in [0, 0.05) is 25.9 Å². The number of aromatic nitrogens is 2. The molecule has 1 aromatic rings. The third-order valence-corrected chi connectivity index (χ3v) is 3.99. The van der Waals surface area contributed by atoms with Gasteiger partial charge in [0.25, 0.3) is 0 Å². The first-order valence-electron chi connectivity index (χ1n) is 7.39. The summed E-state index contributed by atoms with van der Waals surface area (Å²) in [6.45, 7) is 7.03. The molecule has 104 valence electrons. The molecule has 0 N–H and O–H groups in total. The zero-order valence-electron chi connectivity index (χ0n) is 11.9. The van der Waals surface area contributed by atoms with Gasteiger partial charge in [0.2, 0.25) is 0 Å². The highest BCUT2D eigenvalue weighted by molar-refractivity contribution is 5.43. The predicted molar refractivity (Wildman–Crippen MR) is 75.4 cm³/mol. The van der Waals surface area contributed by atoms with E-state index >= 15 is 0 Å². The maximum absolute atomic E-state index is 6.04. The minimum Gasteiger partial charge on any atom is -0.376 e. The summed E-state index contributed by atoms with van der Waals surface area (Å²) in [4.78, 5) is 11.4. The van der Waals surface area contributed by atoms with Gasteiger partial charge >= 0.3 is 0 Å². The van der Waals surface area contributed by atoms with E-state index in [4.69, 9.17) is 4.74 Å². The van der Waals surface area contributed by atoms with E-state index in [0.29, 0.717) is 6.10 Å². The first-order valence-corrected chi connectivity index (χ1v) is 7.39. The van der Waals surface area contributed by atoms with Gasteiger partial charge in [0.05, 0.1) is 17.5 Å². The average molecular weight is 261 g/mol. The van der Waals surface area contributed by atoms with Gasteiger partial charge in [0.15, 0.2) is 0 Å². The van der Waals surface area contributed by atoms with Crippen molar-refractivity contribution in [2.24, 2.45) is 5.92 Å². The Hall–Kier alpha value is -1.16. The Morgan fingerprint density at radius 3 is 2.95 bits per heavy atom. The number of hydrogen-bond acceptors (Lipinski definition) is 4. The Balaban J connectivity index is 1.64. The molecule has 1 saturated carbocycles. The van der Waals surface area contributed by atoms with Crippen molar-refractivity contribution < 1.29 is 4.74 Å². The number of aryl methyl sites for hydroxylation is 2. The number of hydrogen-bond donors (Lipinski definition) is 0. The molecule has 0 amide bonds. The van der Waals surface area contributed by atoms with Crippen molar-refractivity contribution in [2.45, 2.75) is 45.6 Å². The molecule has 2 aliphatic rings. The van der Waals surface area contributed by atoms with Crippen LogP contribution in [-0.4, -0.2) is 35.8 Å². The highest BCUT2D eigenvalue weighted by Gasteiger charge is 2.26. The number of anilines is 1. The van der Waals surface area contributed by atoms with Crippen molar-refractivity contribution in [2.75, 3.05) is 24.6 Å². The van der Waals surface area contributed by atoms with Crippen LogP contribution in [0.25, 0.3) is 0 Å². The van der Waals surface area contributed by atoms with E-state index in [1.54, 1.807) is 0 Å². The number of nitrogens with zero attached hydrogens (tertiary/aromatic N) is 3. The second kappa shape index (κ2) is 5.45. The van der Waals surface area contributed by atoms with Gasteiger partial charge in [-0.15, -0.1) is 0 Å². The van der Waals surface area contributed by atoms with Gasteiger partial charge in [-0.2, -0.15) is 0 Å². The van der Waals surface area contributed by atoms with Gasteiger partial charge in [-0.05, 0) is 45.4 Å². The summed E-state index contributed by atoms with van der Waals surface area (Å²) < 4.78 is 6.04. The van der Waals surface area contributed by atoms with Crippen LogP contribution in [0.4, 0.5) is 5.82 Å². The summed E-state index contributed by atoms with van der Waals surface area (Å²) in [7, 11) is 0. The van der Waals surface area contributed by atoms with Crippen molar-refractivity contribution in [3.8, 4) is 0 Å². The molecule has 19 heavy (non-hydrogen) atoms. The van der Waals surface area contributed by atoms with E-state index in [-0.39, 0.29) is 0 Å². The molecule has 1 atom stereocenters. The van der Waals surface area contributed by atoms with Crippen LogP contribution in [0.1, 0.15) is 37.1 Å². The van der Waals surface area contributed by atoms with Crippen LogP contribution in [0.2, 0.25) is 0 Å². The molecule has 1 aliphatic carbocycles. The summed E-state index contributed by atoms with van der Waals surface area (Å²) >= 11 is 0. The van der Waals surface area contributed by atoms with Crippen molar-refractivity contribution >= 4 is 5.82 Å². The van der Waals surface area contributed by atoms with Crippen LogP contribution in [0.15, 0.2) is 6.20 Å². The summed E-state index contributed by atoms with van der Waals surface area (Å²) in [6.07, 6.45) is 7.30.